The number of pyridine rings is 2. The van der Waals surface area contributed by atoms with Crippen molar-refractivity contribution < 1.29 is 19.4 Å². The highest BCUT2D eigenvalue weighted by Crippen LogP contribution is 2.27. The number of fused-ring (bicyclic) bond motifs is 1. The van der Waals surface area contributed by atoms with Gasteiger partial charge in [0.2, 0.25) is 11.8 Å². The molecule has 2 aromatic heterocycles. The average molecular weight is 344 g/mol. The van der Waals surface area contributed by atoms with Gasteiger partial charge in [0.25, 0.3) is 0 Å². The number of carbonyl (C=O) groups excluding carboxylic acids is 1. The van der Waals surface area contributed by atoms with E-state index in [1.807, 2.05) is 0 Å². The molecule has 0 aromatic carbocycles. The minimum absolute atomic E-state index is 0.0748. The molecule has 2 amide bonds. The van der Waals surface area contributed by atoms with E-state index in [4.69, 9.17) is 9.84 Å². The van der Waals surface area contributed by atoms with Gasteiger partial charge in [0, 0.05) is 24.2 Å². The van der Waals surface area contributed by atoms with E-state index in [-0.39, 0.29) is 17.9 Å². The molecule has 1 aliphatic carbocycles. The Hall–Kier alpha value is -2.90. The van der Waals surface area contributed by atoms with Crippen LogP contribution in [0.3, 0.4) is 0 Å². The molecule has 0 spiro atoms. The third-order valence-corrected chi connectivity index (χ3v) is 4.45. The Kier molecular flexibility index (Phi) is 4.97. The quantitative estimate of drug-likeness (QED) is 0.785. The number of methoxy groups -OCH3 is 1. The van der Waals surface area contributed by atoms with Gasteiger partial charge in [0.05, 0.1) is 18.3 Å². The molecule has 0 radical (unpaired) electrons. The Morgan fingerprint density at radius 3 is 2.64 bits per heavy atom. The van der Waals surface area contributed by atoms with Crippen LogP contribution >= 0.6 is 0 Å². The van der Waals surface area contributed by atoms with Crippen LogP contribution in [0.15, 0.2) is 24.4 Å². The summed E-state index contributed by atoms with van der Waals surface area (Å²) in [5, 5.41) is 14.2. The van der Waals surface area contributed by atoms with Gasteiger partial charge in [-0.05, 0) is 37.8 Å². The van der Waals surface area contributed by atoms with Gasteiger partial charge in [-0.3, -0.25) is 9.78 Å². The number of nitrogens with zero attached hydrogens (tertiary/aromatic N) is 2. The molecule has 25 heavy (non-hydrogen) atoms. The predicted molar refractivity (Wildman–Crippen MR) is 91.6 cm³/mol. The zero-order valence-corrected chi connectivity index (χ0v) is 13.9. The molecule has 0 atom stereocenters. The molecule has 3 rings (SSSR count). The van der Waals surface area contributed by atoms with Gasteiger partial charge in [0.15, 0.2) is 0 Å². The van der Waals surface area contributed by atoms with Crippen LogP contribution in [0.1, 0.15) is 25.7 Å². The fourth-order valence-corrected chi connectivity index (χ4v) is 3.13. The Morgan fingerprint density at radius 2 is 1.96 bits per heavy atom. The molecule has 0 aliphatic heterocycles. The number of carboxylic acid groups (broad SMARTS) is 1. The first-order valence-corrected chi connectivity index (χ1v) is 8.17. The van der Waals surface area contributed by atoms with Crippen molar-refractivity contribution in [2.24, 2.45) is 5.92 Å². The van der Waals surface area contributed by atoms with Crippen molar-refractivity contribution in [1.29, 1.82) is 0 Å². The second-order valence-corrected chi connectivity index (χ2v) is 6.07. The fraction of sp³-hybridized carbons (Fsp3) is 0.412. The van der Waals surface area contributed by atoms with Crippen molar-refractivity contribution in [3.8, 4) is 5.88 Å². The van der Waals surface area contributed by atoms with Crippen molar-refractivity contribution >= 4 is 28.7 Å². The maximum Gasteiger partial charge on any atom is 0.404 e. The summed E-state index contributed by atoms with van der Waals surface area (Å²) in [6, 6.07) is 5.15. The Labute approximate surface area is 144 Å². The van der Waals surface area contributed by atoms with Crippen molar-refractivity contribution in [2.45, 2.75) is 31.7 Å². The molecule has 8 nitrogen and oxygen atoms in total. The van der Waals surface area contributed by atoms with Crippen molar-refractivity contribution in [3.63, 3.8) is 0 Å². The average Bonchev–Trinajstić information content (AvgIpc) is 2.61. The summed E-state index contributed by atoms with van der Waals surface area (Å²) in [5.41, 5.74) is 1.85. The molecule has 0 unspecified atom stereocenters. The molecule has 3 N–H and O–H groups in total. The molecular weight excluding hydrogens is 324 g/mol. The third kappa shape index (κ3) is 3.96. The molecule has 132 valence electrons. The van der Waals surface area contributed by atoms with Crippen LogP contribution in [0.4, 0.5) is 10.5 Å². The third-order valence-electron chi connectivity index (χ3n) is 4.45. The summed E-state index contributed by atoms with van der Waals surface area (Å²) in [5.74, 6) is 0.239. The zero-order chi connectivity index (χ0) is 17.8. The first kappa shape index (κ1) is 16.9. The van der Waals surface area contributed by atoms with Crippen molar-refractivity contribution in [2.75, 3.05) is 12.4 Å². The lowest BCUT2D eigenvalue weighted by molar-refractivity contribution is -0.120. The number of anilines is 1. The molecule has 1 saturated carbocycles. The number of carbonyl (C=O) groups is 2. The number of ether oxygens (including phenoxy) is 1. The van der Waals surface area contributed by atoms with E-state index < -0.39 is 6.09 Å². The highest BCUT2D eigenvalue weighted by Gasteiger charge is 2.27. The first-order chi connectivity index (χ1) is 12.1. The normalized spacial score (nSPS) is 20.0. The second kappa shape index (κ2) is 7.33. The lowest BCUT2D eigenvalue weighted by Gasteiger charge is -2.27. The summed E-state index contributed by atoms with van der Waals surface area (Å²) >= 11 is 0. The largest absolute Gasteiger partial charge is 0.481 e. The molecule has 2 heterocycles. The maximum absolute atomic E-state index is 12.6. The van der Waals surface area contributed by atoms with E-state index in [9.17, 15) is 9.59 Å². The minimum Gasteiger partial charge on any atom is -0.481 e. The van der Waals surface area contributed by atoms with Crippen LogP contribution in [0.25, 0.3) is 11.0 Å². The SMILES string of the molecule is COc1ccc2nccc(NC(=O)C3CCC(NC(=O)O)CC3)c2n1. The summed E-state index contributed by atoms with van der Waals surface area (Å²) in [7, 11) is 1.53. The van der Waals surface area contributed by atoms with Crippen molar-refractivity contribution in [1.82, 2.24) is 15.3 Å². The van der Waals surface area contributed by atoms with E-state index in [1.54, 1.807) is 24.4 Å². The summed E-state index contributed by atoms with van der Waals surface area (Å²) < 4.78 is 5.14. The van der Waals surface area contributed by atoms with E-state index in [0.717, 1.165) is 0 Å². The fourth-order valence-electron chi connectivity index (χ4n) is 3.13. The van der Waals surface area contributed by atoms with Crippen LogP contribution in [0.2, 0.25) is 0 Å². The topological polar surface area (TPSA) is 113 Å². The Morgan fingerprint density at radius 1 is 1.20 bits per heavy atom. The van der Waals surface area contributed by atoms with Gasteiger partial charge in [-0.15, -0.1) is 0 Å². The van der Waals surface area contributed by atoms with Crippen LogP contribution in [0, 0.1) is 5.92 Å². The zero-order valence-electron chi connectivity index (χ0n) is 13.9. The Bertz CT molecular complexity index is 787. The lowest BCUT2D eigenvalue weighted by atomic mass is 9.85. The van der Waals surface area contributed by atoms with Gasteiger partial charge < -0.3 is 20.5 Å². The number of rotatable bonds is 4. The maximum atomic E-state index is 12.6. The first-order valence-electron chi connectivity index (χ1n) is 8.17. The molecular formula is C17H20N4O4. The molecule has 8 heteroatoms. The number of nitrogens with one attached hydrogen (secondary N) is 2. The number of hydrogen-bond donors (Lipinski definition) is 3. The number of aromatic nitrogens is 2. The Balaban J connectivity index is 1.69. The molecule has 2 aromatic rings. The van der Waals surface area contributed by atoms with Crippen molar-refractivity contribution in [3.05, 3.63) is 24.4 Å². The van der Waals surface area contributed by atoms with Gasteiger partial charge in [-0.2, -0.15) is 0 Å². The smallest absolute Gasteiger partial charge is 0.404 e. The van der Waals surface area contributed by atoms with Gasteiger partial charge in [-0.25, -0.2) is 9.78 Å². The lowest BCUT2D eigenvalue weighted by Crippen LogP contribution is -2.38. The van der Waals surface area contributed by atoms with Crippen LogP contribution in [0.5, 0.6) is 5.88 Å². The summed E-state index contributed by atoms with van der Waals surface area (Å²) in [4.78, 5) is 31.9. The van der Waals surface area contributed by atoms with E-state index in [0.29, 0.717) is 48.3 Å². The van der Waals surface area contributed by atoms with Gasteiger partial charge >= 0.3 is 6.09 Å². The van der Waals surface area contributed by atoms with E-state index in [1.165, 1.54) is 7.11 Å². The van der Waals surface area contributed by atoms with Crippen LogP contribution < -0.4 is 15.4 Å². The van der Waals surface area contributed by atoms with Crippen LogP contribution in [-0.2, 0) is 4.79 Å². The summed E-state index contributed by atoms with van der Waals surface area (Å²) in [6.45, 7) is 0. The number of amides is 2. The van der Waals surface area contributed by atoms with Crippen LogP contribution in [-0.4, -0.2) is 40.2 Å². The highest BCUT2D eigenvalue weighted by atomic mass is 16.5. The number of hydrogen-bond acceptors (Lipinski definition) is 5. The predicted octanol–water partition coefficient (Wildman–Crippen LogP) is 2.40. The molecule has 1 aliphatic rings. The molecule has 0 bridgehead atoms. The minimum atomic E-state index is -1.02. The standard InChI is InChI=1S/C17H20N4O4/c1-25-14-7-6-12-15(21-14)13(8-9-18-12)20-16(22)10-2-4-11(5-3-10)19-17(23)24/h6-11,19H,2-5H2,1H3,(H,23,24)(H,18,20,22). The molecule has 1 fully saturated rings. The monoisotopic (exact) mass is 344 g/mol. The molecule has 0 saturated heterocycles. The van der Waals surface area contributed by atoms with E-state index in [2.05, 4.69) is 20.6 Å². The van der Waals surface area contributed by atoms with E-state index >= 15 is 0 Å². The highest BCUT2D eigenvalue weighted by molar-refractivity contribution is 6.00. The van der Waals surface area contributed by atoms with Gasteiger partial charge in [-0.1, -0.05) is 0 Å². The second-order valence-electron chi connectivity index (χ2n) is 6.07. The van der Waals surface area contributed by atoms with Gasteiger partial charge in [0.1, 0.15) is 5.52 Å². The summed E-state index contributed by atoms with van der Waals surface area (Å²) in [6.07, 6.45) is 3.23.